The lowest BCUT2D eigenvalue weighted by Gasteiger charge is -2.21. The molecule has 0 saturated carbocycles. The predicted molar refractivity (Wildman–Crippen MR) is 161 cm³/mol. The molecule has 0 unspecified atom stereocenters. The number of benzene rings is 5. The fraction of sp³-hybridized carbons (Fsp3) is 0.0833. The number of nitrogens with zero attached hydrogens (tertiary/aromatic N) is 3. The lowest BCUT2D eigenvalue weighted by Crippen LogP contribution is -2.14. The lowest BCUT2D eigenvalue weighted by atomic mass is 9.82. The van der Waals surface area contributed by atoms with Crippen molar-refractivity contribution >= 4 is 21.9 Å². The van der Waals surface area contributed by atoms with Crippen LogP contribution in [0, 0.1) is 0 Å². The van der Waals surface area contributed by atoms with E-state index in [-0.39, 0.29) is 5.41 Å². The number of hydrogen-bond donors (Lipinski definition) is 0. The highest BCUT2D eigenvalue weighted by molar-refractivity contribution is 6.13. The second-order valence-electron chi connectivity index (χ2n) is 10.9. The summed E-state index contributed by atoms with van der Waals surface area (Å²) in [5.74, 6) is 1.92. The Morgan fingerprint density at radius 2 is 1.10 bits per heavy atom. The molecule has 0 spiro atoms. The van der Waals surface area contributed by atoms with Crippen LogP contribution in [0.3, 0.4) is 0 Å². The summed E-state index contributed by atoms with van der Waals surface area (Å²) in [7, 11) is 0. The Morgan fingerprint density at radius 3 is 1.80 bits per heavy atom. The third kappa shape index (κ3) is 3.36. The van der Waals surface area contributed by atoms with Crippen LogP contribution in [0.1, 0.15) is 25.0 Å². The molecule has 2 aromatic heterocycles. The average Bonchev–Trinajstić information content (AvgIpc) is 3.49. The zero-order valence-electron chi connectivity index (χ0n) is 22.2. The summed E-state index contributed by atoms with van der Waals surface area (Å²) < 4.78 is 6.49. The Bertz CT molecular complexity index is 2020. The number of rotatable bonds is 3. The van der Waals surface area contributed by atoms with Crippen LogP contribution in [-0.4, -0.2) is 15.0 Å². The van der Waals surface area contributed by atoms with Crippen LogP contribution >= 0.6 is 0 Å². The SMILES string of the molecule is CC1(C)c2ccccc2-c2cc3c(cc21)oc1cccc(-c2nc(-c4ccccc4)nc(-c4ccccc4)n2)c13. The smallest absolute Gasteiger partial charge is 0.164 e. The Balaban J connectivity index is 1.41. The minimum atomic E-state index is -0.0920. The maximum absolute atomic E-state index is 6.49. The zero-order chi connectivity index (χ0) is 26.8. The molecule has 4 heteroatoms. The fourth-order valence-corrected chi connectivity index (χ4v) is 6.14. The minimum absolute atomic E-state index is 0.0920. The van der Waals surface area contributed by atoms with Crippen LogP contribution in [-0.2, 0) is 5.41 Å². The molecule has 5 aromatic carbocycles. The van der Waals surface area contributed by atoms with E-state index in [0.717, 1.165) is 38.6 Å². The van der Waals surface area contributed by atoms with Gasteiger partial charge in [-0.3, -0.25) is 0 Å². The second kappa shape index (κ2) is 8.45. The zero-order valence-corrected chi connectivity index (χ0v) is 22.2. The summed E-state index contributed by atoms with van der Waals surface area (Å²) in [6.45, 7) is 4.58. The first-order valence-electron chi connectivity index (χ1n) is 13.5. The maximum atomic E-state index is 6.49. The van der Waals surface area contributed by atoms with Crippen molar-refractivity contribution in [1.82, 2.24) is 15.0 Å². The molecule has 40 heavy (non-hydrogen) atoms. The first-order chi connectivity index (χ1) is 19.6. The van der Waals surface area contributed by atoms with Crippen molar-refractivity contribution in [2.75, 3.05) is 0 Å². The van der Waals surface area contributed by atoms with E-state index in [0.29, 0.717) is 17.5 Å². The van der Waals surface area contributed by atoms with E-state index in [1.165, 1.54) is 22.3 Å². The van der Waals surface area contributed by atoms with Gasteiger partial charge in [0.1, 0.15) is 11.2 Å². The maximum Gasteiger partial charge on any atom is 0.164 e. The minimum Gasteiger partial charge on any atom is -0.456 e. The molecule has 8 rings (SSSR count). The monoisotopic (exact) mass is 515 g/mol. The van der Waals surface area contributed by atoms with E-state index in [1.807, 2.05) is 72.8 Å². The van der Waals surface area contributed by atoms with Crippen molar-refractivity contribution in [2.24, 2.45) is 0 Å². The molecule has 0 radical (unpaired) electrons. The van der Waals surface area contributed by atoms with Crippen LogP contribution in [0.15, 0.2) is 120 Å². The summed E-state index contributed by atoms with van der Waals surface area (Å²) in [5.41, 5.74) is 9.62. The van der Waals surface area contributed by atoms with Crippen molar-refractivity contribution in [3.63, 3.8) is 0 Å². The summed E-state index contributed by atoms with van der Waals surface area (Å²) in [6, 6.07) is 39.5. The van der Waals surface area contributed by atoms with Crippen molar-refractivity contribution in [1.29, 1.82) is 0 Å². The van der Waals surface area contributed by atoms with Gasteiger partial charge in [-0.2, -0.15) is 0 Å². The molecular formula is C36H25N3O. The van der Waals surface area contributed by atoms with Gasteiger partial charge < -0.3 is 4.42 Å². The quantitative estimate of drug-likeness (QED) is 0.235. The van der Waals surface area contributed by atoms with Crippen LogP contribution in [0.25, 0.3) is 67.2 Å². The number of fused-ring (bicyclic) bond motifs is 6. The van der Waals surface area contributed by atoms with E-state index in [1.54, 1.807) is 0 Å². The molecule has 1 aliphatic carbocycles. The summed E-state index contributed by atoms with van der Waals surface area (Å²) in [5, 5.41) is 2.09. The van der Waals surface area contributed by atoms with Crippen LogP contribution in [0.4, 0.5) is 0 Å². The van der Waals surface area contributed by atoms with Crippen molar-refractivity contribution in [2.45, 2.75) is 19.3 Å². The van der Waals surface area contributed by atoms with Gasteiger partial charge in [-0.05, 0) is 40.5 Å². The normalized spacial score (nSPS) is 13.4. The molecule has 0 atom stereocenters. The number of hydrogen-bond acceptors (Lipinski definition) is 4. The van der Waals surface area contributed by atoms with E-state index in [9.17, 15) is 0 Å². The van der Waals surface area contributed by atoms with Crippen molar-refractivity contribution in [3.05, 3.63) is 126 Å². The van der Waals surface area contributed by atoms with Gasteiger partial charge in [0.15, 0.2) is 17.5 Å². The second-order valence-corrected chi connectivity index (χ2v) is 10.9. The van der Waals surface area contributed by atoms with E-state index in [4.69, 9.17) is 19.4 Å². The first kappa shape index (κ1) is 22.9. The summed E-state index contributed by atoms with van der Waals surface area (Å²) in [6.07, 6.45) is 0. The van der Waals surface area contributed by atoms with E-state index >= 15 is 0 Å². The fourth-order valence-electron chi connectivity index (χ4n) is 6.14. The molecule has 0 fully saturated rings. The highest BCUT2D eigenvalue weighted by Gasteiger charge is 2.36. The van der Waals surface area contributed by atoms with Gasteiger partial charge in [0.25, 0.3) is 0 Å². The highest BCUT2D eigenvalue weighted by atomic mass is 16.3. The third-order valence-electron chi connectivity index (χ3n) is 8.14. The molecule has 190 valence electrons. The van der Waals surface area contributed by atoms with Gasteiger partial charge in [0.2, 0.25) is 0 Å². The third-order valence-corrected chi connectivity index (χ3v) is 8.14. The topological polar surface area (TPSA) is 51.8 Å². The van der Waals surface area contributed by atoms with Crippen molar-refractivity contribution in [3.8, 4) is 45.3 Å². The summed E-state index contributed by atoms with van der Waals surface area (Å²) in [4.78, 5) is 14.9. The molecular weight excluding hydrogens is 490 g/mol. The first-order valence-corrected chi connectivity index (χ1v) is 13.5. The Kier molecular flexibility index (Phi) is 4.83. The number of aromatic nitrogens is 3. The van der Waals surface area contributed by atoms with Crippen LogP contribution < -0.4 is 0 Å². The Morgan fingerprint density at radius 1 is 0.500 bits per heavy atom. The molecule has 0 bridgehead atoms. The Hall–Kier alpha value is -5.09. The standard InChI is InChI=1S/C36H25N3O/c1-36(2)28-18-10-9-16-24(28)26-20-27-31(21-29(26)36)40-30-19-11-17-25(32(27)30)35-38-33(22-12-5-3-6-13-22)37-34(39-35)23-14-7-4-8-15-23/h3-21H,1-2H3. The van der Waals surface area contributed by atoms with E-state index in [2.05, 4.69) is 56.3 Å². The molecule has 2 heterocycles. The highest BCUT2D eigenvalue weighted by Crippen LogP contribution is 2.51. The molecule has 0 saturated heterocycles. The van der Waals surface area contributed by atoms with E-state index < -0.39 is 0 Å². The lowest BCUT2D eigenvalue weighted by molar-refractivity contribution is 0.647. The summed E-state index contributed by atoms with van der Waals surface area (Å²) >= 11 is 0. The largest absolute Gasteiger partial charge is 0.456 e. The van der Waals surface area contributed by atoms with Gasteiger partial charge >= 0.3 is 0 Å². The van der Waals surface area contributed by atoms with Gasteiger partial charge in [0.05, 0.1) is 0 Å². The molecule has 0 aliphatic heterocycles. The van der Waals surface area contributed by atoms with Gasteiger partial charge in [-0.15, -0.1) is 0 Å². The molecule has 0 amide bonds. The predicted octanol–water partition coefficient (Wildman–Crippen LogP) is 9.08. The number of furan rings is 1. The molecule has 0 N–H and O–H groups in total. The van der Waals surface area contributed by atoms with Gasteiger partial charge in [-0.25, -0.2) is 15.0 Å². The Labute approximate surface area is 232 Å². The van der Waals surface area contributed by atoms with Crippen LogP contribution in [0.2, 0.25) is 0 Å². The van der Waals surface area contributed by atoms with Crippen LogP contribution in [0.5, 0.6) is 0 Å². The van der Waals surface area contributed by atoms with Gasteiger partial charge in [-0.1, -0.05) is 111 Å². The average molecular weight is 516 g/mol. The molecule has 4 nitrogen and oxygen atoms in total. The van der Waals surface area contributed by atoms with Crippen molar-refractivity contribution < 1.29 is 4.42 Å². The van der Waals surface area contributed by atoms with Gasteiger partial charge in [0, 0.05) is 32.9 Å². The molecule has 7 aromatic rings. The molecule has 1 aliphatic rings.